The number of hydrogen-bond donors (Lipinski definition) is 2. The van der Waals surface area contributed by atoms with E-state index in [0.717, 1.165) is 6.07 Å². The maximum Gasteiger partial charge on any atom is 0.416 e. The fraction of sp³-hybridized carbons (Fsp3) is 0.500. The molecule has 1 aromatic rings. The molecule has 2 aliphatic carbocycles. The smallest absolute Gasteiger partial charge is 0.416 e. The number of benzene rings is 1. The molecule has 0 heterocycles. The number of esters is 1. The average molecular weight is 343 g/mol. The molecule has 24 heavy (non-hydrogen) atoms. The molecule has 0 amide bonds. The van der Waals surface area contributed by atoms with Gasteiger partial charge >= 0.3 is 18.1 Å². The third-order valence-corrected chi connectivity index (χ3v) is 5.00. The Hall–Kier alpha value is -2.09. The number of aliphatic carboxylic acids is 1. The van der Waals surface area contributed by atoms with Gasteiger partial charge in [-0.2, -0.15) is 13.2 Å². The lowest BCUT2D eigenvalue weighted by atomic mass is 9.91. The Labute approximate surface area is 135 Å². The van der Waals surface area contributed by atoms with Crippen molar-refractivity contribution in [1.29, 1.82) is 0 Å². The normalized spacial score (nSPS) is 31.4. The van der Waals surface area contributed by atoms with E-state index in [4.69, 9.17) is 15.6 Å². The monoisotopic (exact) mass is 343 g/mol. The van der Waals surface area contributed by atoms with Crippen LogP contribution >= 0.6 is 0 Å². The second-order valence-corrected chi connectivity index (χ2v) is 6.36. The van der Waals surface area contributed by atoms with Gasteiger partial charge in [0, 0.05) is 11.5 Å². The molecule has 8 heteroatoms. The van der Waals surface area contributed by atoms with Crippen molar-refractivity contribution in [3.63, 3.8) is 0 Å². The van der Waals surface area contributed by atoms with Crippen LogP contribution in [0.3, 0.4) is 0 Å². The third-order valence-electron chi connectivity index (χ3n) is 5.00. The van der Waals surface area contributed by atoms with Gasteiger partial charge in [-0.25, -0.2) is 0 Å². The number of nitrogens with two attached hydrogens (primary N) is 1. The van der Waals surface area contributed by atoms with E-state index in [2.05, 4.69) is 0 Å². The Kier molecular flexibility index (Phi) is 3.82. The highest BCUT2D eigenvalue weighted by Crippen LogP contribution is 2.61. The van der Waals surface area contributed by atoms with E-state index in [1.54, 1.807) is 0 Å². The minimum absolute atomic E-state index is 0.150. The molecule has 0 aromatic heterocycles. The zero-order chi connectivity index (χ0) is 17.7. The number of carboxylic acids is 1. The van der Waals surface area contributed by atoms with Crippen molar-refractivity contribution >= 4 is 11.9 Å². The van der Waals surface area contributed by atoms with Crippen molar-refractivity contribution < 1.29 is 32.6 Å². The average Bonchev–Trinajstić information content (AvgIpc) is 3.16. The number of carbonyl (C=O) groups excluding carboxylic acids is 1. The van der Waals surface area contributed by atoms with E-state index in [0.29, 0.717) is 6.42 Å². The van der Waals surface area contributed by atoms with Crippen molar-refractivity contribution in [2.24, 2.45) is 23.5 Å². The third kappa shape index (κ3) is 2.64. The van der Waals surface area contributed by atoms with E-state index in [1.165, 1.54) is 18.2 Å². The molecule has 0 spiro atoms. The quantitative estimate of drug-likeness (QED) is 0.818. The first kappa shape index (κ1) is 16.8. The summed E-state index contributed by atoms with van der Waals surface area (Å²) in [5.74, 6) is -3.16. The van der Waals surface area contributed by atoms with Crippen LogP contribution < -0.4 is 5.73 Å². The Morgan fingerprint density at radius 1 is 1.33 bits per heavy atom. The van der Waals surface area contributed by atoms with E-state index >= 15 is 0 Å². The molecular weight excluding hydrogens is 327 g/mol. The molecule has 4 atom stereocenters. The van der Waals surface area contributed by atoms with Gasteiger partial charge in [0.25, 0.3) is 0 Å². The molecule has 3 rings (SSSR count). The lowest BCUT2D eigenvalue weighted by Crippen LogP contribution is -2.50. The first-order valence-corrected chi connectivity index (χ1v) is 7.50. The molecule has 2 aliphatic rings. The minimum Gasteiger partial charge on any atom is -0.481 e. The predicted octanol–water partition coefficient (Wildman–Crippen LogP) is 2.19. The summed E-state index contributed by atoms with van der Waals surface area (Å²) in [5.41, 5.74) is 3.58. The number of hydrogen-bond acceptors (Lipinski definition) is 4. The SMILES string of the molecule is NC1(C(=O)OCc2ccccc2C(F)(F)F)CCC2C(C(=O)O)C21. The standard InChI is InChI=1S/C16H16F3NO4/c17-16(18,19)10-4-2-1-3-8(10)7-24-14(23)15(20)6-5-9-11(12(9)15)13(21)22/h1-4,9,11-12H,5-7,20H2,(H,21,22). The van der Waals surface area contributed by atoms with E-state index in [-0.39, 0.29) is 17.9 Å². The van der Waals surface area contributed by atoms with Gasteiger partial charge in [0.05, 0.1) is 11.5 Å². The van der Waals surface area contributed by atoms with Crippen molar-refractivity contribution in [2.45, 2.75) is 31.2 Å². The fourth-order valence-electron chi connectivity index (χ4n) is 3.78. The highest BCUT2D eigenvalue weighted by atomic mass is 19.4. The van der Waals surface area contributed by atoms with Crippen LogP contribution in [0.5, 0.6) is 0 Å². The molecule has 0 aliphatic heterocycles. The first-order chi connectivity index (χ1) is 11.2. The Morgan fingerprint density at radius 3 is 2.58 bits per heavy atom. The first-order valence-electron chi connectivity index (χ1n) is 7.50. The number of carbonyl (C=O) groups is 2. The van der Waals surface area contributed by atoms with E-state index in [1.807, 2.05) is 0 Å². The van der Waals surface area contributed by atoms with Crippen LogP contribution in [0.1, 0.15) is 24.0 Å². The van der Waals surface area contributed by atoms with Crippen LogP contribution in [-0.4, -0.2) is 22.6 Å². The second-order valence-electron chi connectivity index (χ2n) is 6.36. The van der Waals surface area contributed by atoms with Gasteiger partial charge in [0.1, 0.15) is 12.1 Å². The highest BCUT2D eigenvalue weighted by molar-refractivity contribution is 5.86. The summed E-state index contributed by atoms with van der Waals surface area (Å²) < 4.78 is 43.8. The lowest BCUT2D eigenvalue weighted by molar-refractivity contribution is -0.154. The number of ether oxygens (including phenoxy) is 1. The number of halogens is 3. The van der Waals surface area contributed by atoms with Gasteiger partial charge in [-0.3, -0.25) is 9.59 Å². The summed E-state index contributed by atoms with van der Waals surface area (Å²) in [7, 11) is 0. The molecule has 4 unspecified atom stereocenters. The van der Waals surface area contributed by atoms with Crippen LogP contribution in [0.2, 0.25) is 0 Å². The number of carboxylic acid groups (broad SMARTS) is 1. The summed E-state index contributed by atoms with van der Waals surface area (Å²) in [6.07, 6.45) is -3.76. The highest BCUT2D eigenvalue weighted by Gasteiger charge is 2.70. The Balaban J connectivity index is 1.70. The molecule has 5 nitrogen and oxygen atoms in total. The van der Waals surface area contributed by atoms with E-state index < -0.39 is 47.7 Å². The largest absolute Gasteiger partial charge is 0.481 e. The molecule has 1 aromatic carbocycles. The lowest BCUT2D eigenvalue weighted by Gasteiger charge is -2.25. The van der Waals surface area contributed by atoms with Crippen LogP contribution in [0, 0.1) is 17.8 Å². The molecular formula is C16H16F3NO4. The van der Waals surface area contributed by atoms with Gasteiger partial charge in [0.15, 0.2) is 0 Å². The summed E-state index contributed by atoms with van der Waals surface area (Å²) in [6, 6.07) is 4.81. The number of alkyl halides is 3. The molecule has 2 saturated carbocycles. The molecule has 0 bridgehead atoms. The Bertz CT molecular complexity index is 690. The van der Waals surface area contributed by atoms with Crippen LogP contribution in [0.15, 0.2) is 24.3 Å². The topological polar surface area (TPSA) is 89.6 Å². The predicted molar refractivity (Wildman–Crippen MR) is 75.5 cm³/mol. The summed E-state index contributed by atoms with van der Waals surface area (Å²) in [6.45, 7) is -0.553. The maximum absolute atomic E-state index is 12.9. The Morgan fingerprint density at radius 2 is 2.00 bits per heavy atom. The number of rotatable bonds is 4. The molecule has 0 radical (unpaired) electrons. The minimum atomic E-state index is -4.55. The van der Waals surface area contributed by atoms with Crippen molar-refractivity contribution in [2.75, 3.05) is 0 Å². The maximum atomic E-state index is 12.9. The van der Waals surface area contributed by atoms with Gasteiger partial charge < -0.3 is 15.6 Å². The molecule has 130 valence electrons. The van der Waals surface area contributed by atoms with E-state index in [9.17, 15) is 22.8 Å². The van der Waals surface area contributed by atoms with Crippen molar-refractivity contribution in [1.82, 2.24) is 0 Å². The summed E-state index contributed by atoms with van der Waals surface area (Å²) in [5, 5.41) is 9.07. The summed E-state index contributed by atoms with van der Waals surface area (Å²) in [4.78, 5) is 23.4. The van der Waals surface area contributed by atoms with Gasteiger partial charge in [-0.15, -0.1) is 0 Å². The summed E-state index contributed by atoms with van der Waals surface area (Å²) >= 11 is 0. The van der Waals surface area contributed by atoms with Crippen LogP contribution in [0.25, 0.3) is 0 Å². The van der Waals surface area contributed by atoms with Crippen LogP contribution in [-0.2, 0) is 27.1 Å². The zero-order valence-corrected chi connectivity index (χ0v) is 12.5. The van der Waals surface area contributed by atoms with Crippen LogP contribution in [0.4, 0.5) is 13.2 Å². The molecule has 2 fully saturated rings. The second kappa shape index (κ2) is 5.47. The molecule has 3 N–H and O–H groups in total. The van der Waals surface area contributed by atoms with Gasteiger partial charge in [-0.05, 0) is 24.8 Å². The zero-order valence-electron chi connectivity index (χ0n) is 12.5. The molecule has 0 saturated heterocycles. The fourth-order valence-corrected chi connectivity index (χ4v) is 3.78. The van der Waals surface area contributed by atoms with Gasteiger partial charge in [-0.1, -0.05) is 18.2 Å². The van der Waals surface area contributed by atoms with Crippen molar-refractivity contribution in [3.05, 3.63) is 35.4 Å². The van der Waals surface area contributed by atoms with Gasteiger partial charge in [0.2, 0.25) is 0 Å². The van der Waals surface area contributed by atoms with Crippen molar-refractivity contribution in [3.8, 4) is 0 Å². The number of fused-ring (bicyclic) bond motifs is 1.